The Morgan fingerprint density at radius 1 is 1.32 bits per heavy atom. The van der Waals surface area contributed by atoms with Crippen molar-refractivity contribution in [3.05, 3.63) is 29.8 Å². The summed E-state index contributed by atoms with van der Waals surface area (Å²) in [6.45, 7) is 3.13. The summed E-state index contributed by atoms with van der Waals surface area (Å²) >= 11 is 0. The number of aliphatic hydroxyl groups excluding tert-OH is 1. The largest absolute Gasteiger partial charge is 0.393 e. The number of hydrogen-bond acceptors (Lipinski definition) is 3. The van der Waals surface area contributed by atoms with Gasteiger partial charge in [0.25, 0.3) is 0 Å². The molecular formula is C17H22N2O3. The van der Waals surface area contributed by atoms with E-state index in [1.165, 1.54) is 0 Å². The van der Waals surface area contributed by atoms with Crippen LogP contribution in [0, 0.1) is 5.92 Å². The van der Waals surface area contributed by atoms with Crippen LogP contribution in [0.5, 0.6) is 0 Å². The molecule has 3 rings (SSSR count). The Morgan fingerprint density at radius 3 is 2.68 bits per heavy atom. The molecule has 0 aromatic heterocycles. The zero-order chi connectivity index (χ0) is 15.7. The number of nitrogens with zero attached hydrogens (tertiary/aromatic N) is 1. The summed E-state index contributed by atoms with van der Waals surface area (Å²) in [6, 6.07) is 7.52. The number of anilines is 1. The quantitative estimate of drug-likeness (QED) is 0.874. The number of carbonyl (C=O) groups is 2. The molecule has 1 fully saturated rings. The summed E-state index contributed by atoms with van der Waals surface area (Å²) in [7, 11) is 0. The van der Waals surface area contributed by atoms with Gasteiger partial charge in [-0.15, -0.1) is 0 Å². The lowest BCUT2D eigenvalue weighted by molar-refractivity contribution is -0.136. The fourth-order valence-corrected chi connectivity index (χ4v) is 3.45. The summed E-state index contributed by atoms with van der Waals surface area (Å²) in [5.74, 6) is -0.179. The predicted octanol–water partition coefficient (Wildman–Crippen LogP) is 1.73. The molecule has 0 saturated carbocycles. The summed E-state index contributed by atoms with van der Waals surface area (Å²) in [5.41, 5.74) is 1.65. The standard InChI is InChI=1S/C17H22N2O3/c1-11(20)12-6-8-19(9-7-12)17(22)14-10-16(21)18-15-5-3-2-4-13(14)15/h2-5,11-12,14,20H,6-10H2,1H3,(H,18,21). The zero-order valence-corrected chi connectivity index (χ0v) is 12.8. The topological polar surface area (TPSA) is 69.6 Å². The molecular weight excluding hydrogens is 280 g/mol. The van der Waals surface area contributed by atoms with Crippen LogP contribution in [-0.2, 0) is 9.59 Å². The van der Waals surface area contributed by atoms with Crippen LogP contribution in [0.2, 0.25) is 0 Å². The number of aliphatic hydroxyl groups is 1. The highest BCUT2D eigenvalue weighted by Gasteiger charge is 2.35. The van der Waals surface area contributed by atoms with Gasteiger partial charge in [-0.1, -0.05) is 18.2 Å². The van der Waals surface area contributed by atoms with Crippen LogP contribution >= 0.6 is 0 Å². The van der Waals surface area contributed by atoms with Crippen LogP contribution in [0.4, 0.5) is 5.69 Å². The van der Waals surface area contributed by atoms with Gasteiger partial charge in [0.15, 0.2) is 0 Å². The van der Waals surface area contributed by atoms with E-state index in [0.29, 0.717) is 13.1 Å². The second-order valence-corrected chi connectivity index (χ2v) is 6.30. The summed E-state index contributed by atoms with van der Waals surface area (Å²) in [5, 5.41) is 12.5. The molecule has 2 heterocycles. The lowest BCUT2D eigenvalue weighted by atomic mass is 9.87. The molecule has 5 heteroatoms. The van der Waals surface area contributed by atoms with Gasteiger partial charge < -0.3 is 15.3 Å². The van der Waals surface area contributed by atoms with E-state index < -0.39 is 0 Å². The highest BCUT2D eigenvalue weighted by molar-refractivity contribution is 6.01. The average Bonchev–Trinajstić information content (AvgIpc) is 2.53. The highest BCUT2D eigenvalue weighted by atomic mass is 16.3. The SMILES string of the molecule is CC(O)C1CCN(C(=O)C2CC(=O)Nc3ccccc32)CC1. The normalized spacial score (nSPS) is 23.6. The molecule has 2 atom stereocenters. The molecule has 0 spiro atoms. The number of carbonyl (C=O) groups excluding carboxylic acids is 2. The van der Waals surface area contributed by atoms with Crippen molar-refractivity contribution in [3.8, 4) is 0 Å². The van der Waals surface area contributed by atoms with Crippen molar-refractivity contribution in [1.82, 2.24) is 4.90 Å². The van der Waals surface area contributed by atoms with Crippen LogP contribution in [0.1, 0.15) is 37.7 Å². The number of likely N-dealkylation sites (tertiary alicyclic amines) is 1. The molecule has 2 aliphatic rings. The van der Waals surface area contributed by atoms with Crippen LogP contribution in [0.3, 0.4) is 0 Å². The van der Waals surface area contributed by atoms with Gasteiger partial charge in [-0.2, -0.15) is 0 Å². The summed E-state index contributed by atoms with van der Waals surface area (Å²) < 4.78 is 0. The minimum Gasteiger partial charge on any atom is -0.393 e. The zero-order valence-electron chi connectivity index (χ0n) is 12.8. The minimum atomic E-state index is -0.381. The van der Waals surface area contributed by atoms with E-state index in [2.05, 4.69) is 5.32 Å². The molecule has 0 aliphatic carbocycles. The van der Waals surface area contributed by atoms with E-state index in [9.17, 15) is 14.7 Å². The van der Waals surface area contributed by atoms with Gasteiger partial charge in [-0.05, 0) is 37.3 Å². The van der Waals surface area contributed by atoms with E-state index in [1.54, 1.807) is 0 Å². The number of hydrogen-bond donors (Lipinski definition) is 2. The highest BCUT2D eigenvalue weighted by Crippen LogP contribution is 2.34. The molecule has 2 amide bonds. The first-order valence-corrected chi connectivity index (χ1v) is 7.92. The van der Waals surface area contributed by atoms with E-state index >= 15 is 0 Å². The maximum absolute atomic E-state index is 12.8. The van der Waals surface area contributed by atoms with Crippen molar-refractivity contribution >= 4 is 17.5 Å². The summed E-state index contributed by atoms with van der Waals surface area (Å²) in [4.78, 5) is 26.5. The Morgan fingerprint density at radius 2 is 2.00 bits per heavy atom. The maximum Gasteiger partial charge on any atom is 0.230 e. The number of benzene rings is 1. The molecule has 2 unspecified atom stereocenters. The number of nitrogens with one attached hydrogen (secondary N) is 1. The second kappa shape index (κ2) is 6.08. The number of piperidine rings is 1. The van der Waals surface area contributed by atoms with Crippen molar-refractivity contribution in [2.24, 2.45) is 5.92 Å². The second-order valence-electron chi connectivity index (χ2n) is 6.30. The van der Waals surface area contributed by atoms with E-state index in [-0.39, 0.29) is 36.2 Å². The molecule has 2 aliphatic heterocycles. The lowest BCUT2D eigenvalue weighted by Gasteiger charge is -2.36. The molecule has 1 aromatic carbocycles. The first-order valence-electron chi connectivity index (χ1n) is 7.92. The molecule has 22 heavy (non-hydrogen) atoms. The molecule has 1 aromatic rings. The molecule has 0 bridgehead atoms. The van der Waals surface area contributed by atoms with Crippen LogP contribution < -0.4 is 5.32 Å². The molecule has 118 valence electrons. The van der Waals surface area contributed by atoms with Gasteiger partial charge in [0.05, 0.1) is 12.0 Å². The van der Waals surface area contributed by atoms with E-state index in [4.69, 9.17) is 0 Å². The number of fused-ring (bicyclic) bond motifs is 1. The minimum absolute atomic E-state index is 0.0337. The number of amides is 2. The number of rotatable bonds is 2. The van der Waals surface area contributed by atoms with Crippen LogP contribution in [0.25, 0.3) is 0 Å². The maximum atomic E-state index is 12.8. The fraction of sp³-hybridized carbons (Fsp3) is 0.529. The van der Waals surface area contributed by atoms with Gasteiger partial charge >= 0.3 is 0 Å². The smallest absolute Gasteiger partial charge is 0.230 e. The third kappa shape index (κ3) is 2.86. The van der Waals surface area contributed by atoms with Crippen molar-refractivity contribution in [2.75, 3.05) is 18.4 Å². The third-order valence-corrected chi connectivity index (χ3v) is 4.83. The van der Waals surface area contributed by atoms with Crippen molar-refractivity contribution < 1.29 is 14.7 Å². The van der Waals surface area contributed by atoms with Gasteiger partial charge in [0.1, 0.15) is 0 Å². The van der Waals surface area contributed by atoms with E-state index in [1.807, 2.05) is 36.1 Å². The Kier molecular flexibility index (Phi) is 4.16. The molecule has 2 N–H and O–H groups in total. The van der Waals surface area contributed by atoms with Crippen molar-refractivity contribution in [3.63, 3.8) is 0 Å². The Balaban J connectivity index is 1.75. The van der Waals surface area contributed by atoms with Crippen LogP contribution in [0.15, 0.2) is 24.3 Å². The Labute approximate surface area is 130 Å². The Hall–Kier alpha value is -1.88. The third-order valence-electron chi connectivity index (χ3n) is 4.83. The fourth-order valence-electron chi connectivity index (χ4n) is 3.45. The van der Waals surface area contributed by atoms with E-state index in [0.717, 1.165) is 24.1 Å². The lowest BCUT2D eigenvalue weighted by Crippen LogP contribution is -2.44. The van der Waals surface area contributed by atoms with Gasteiger partial charge in [0, 0.05) is 25.2 Å². The molecule has 0 radical (unpaired) electrons. The molecule has 5 nitrogen and oxygen atoms in total. The predicted molar refractivity (Wildman–Crippen MR) is 83.4 cm³/mol. The average molecular weight is 302 g/mol. The van der Waals surface area contributed by atoms with Crippen LogP contribution in [-0.4, -0.2) is 41.0 Å². The van der Waals surface area contributed by atoms with Gasteiger partial charge in [-0.3, -0.25) is 9.59 Å². The summed E-state index contributed by atoms with van der Waals surface area (Å²) in [6.07, 6.45) is 1.54. The first-order chi connectivity index (χ1) is 10.6. The molecule has 1 saturated heterocycles. The Bertz CT molecular complexity index is 577. The number of para-hydroxylation sites is 1. The first kappa shape index (κ1) is 15.0. The van der Waals surface area contributed by atoms with Crippen molar-refractivity contribution in [2.45, 2.75) is 38.2 Å². The van der Waals surface area contributed by atoms with Gasteiger partial charge in [-0.25, -0.2) is 0 Å². The monoisotopic (exact) mass is 302 g/mol. The van der Waals surface area contributed by atoms with Crippen molar-refractivity contribution in [1.29, 1.82) is 0 Å². The van der Waals surface area contributed by atoms with Gasteiger partial charge in [0.2, 0.25) is 11.8 Å².